The van der Waals surface area contributed by atoms with E-state index in [1.165, 1.54) is 12.2 Å². The van der Waals surface area contributed by atoms with E-state index in [1.807, 2.05) is 30.3 Å². The zero-order valence-electron chi connectivity index (χ0n) is 9.83. The molecule has 1 aliphatic rings. The highest BCUT2D eigenvalue weighted by Gasteiger charge is 1.97. The minimum Gasteiger partial charge on any atom is -0.586 e. The van der Waals surface area contributed by atoms with Gasteiger partial charge in [-0.2, -0.15) is 41.8 Å². The van der Waals surface area contributed by atoms with Gasteiger partial charge in [-0.3, -0.25) is 0 Å². The predicted octanol–water partition coefficient (Wildman–Crippen LogP) is 2.96. The van der Waals surface area contributed by atoms with Gasteiger partial charge in [-0.15, -0.1) is 24.3 Å². The van der Waals surface area contributed by atoms with Gasteiger partial charge in [0.1, 0.15) is 0 Å². The summed E-state index contributed by atoms with van der Waals surface area (Å²) in [5.41, 5.74) is 3.73. The quantitative estimate of drug-likeness (QED) is 0.600. The van der Waals surface area contributed by atoms with Crippen LogP contribution in [0.3, 0.4) is 0 Å². The number of allylic oxidation sites excluding steroid dienone is 1. The zero-order valence-corrected chi connectivity index (χ0v) is 11.4. The van der Waals surface area contributed by atoms with Crippen LogP contribution in [-0.4, -0.2) is 12.0 Å². The second kappa shape index (κ2) is 5.65. The molecule has 0 saturated carbocycles. The average molecular weight is 267 g/mol. The summed E-state index contributed by atoms with van der Waals surface area (Å²) in [6.45, 7) is 3.94. The summed E-state index contributed by atoms with van der Waals surface area (Å²) in [7, 11) is 0. The molecule has 0 radical (unpaired) electrons. The Morgan fingerprint density at radius 3 is 3.18 bits per heavy atom. The molecule has 0 aliphatic heterocycles. The van der Waals surface area contributed by atoms with Crippen LogP contribution in [0.25, 0.3) is 18.7 Å². The molecule has 0 N–H and O–H groups in total. The Balaban J connectivity index is 2.18. The maximum atomic E-state index is 6.00. The Morgan fingerprint density at radius 2 is 2.41 bits per heavy atom. The van der Waals surface area contributed by atoms with E-state index in [2.05, 4.69) is 19.3 Å². The lowest BCUT2D eigenvalue weighted by Gasteiger charge is -2.17. The molecule has 0 unspecified atom stereocenters. The highest BCUT2D eigenvalue weighted by Crippen LogP contribution is 2.19. The van der Waals surface area contributed by atoms with Crippen molar-refractivity contribution in [2.24, 2.45) is 0 Å². The Morgan fingerprint density at radius 1 is 1.59 bits per heavy atom. The number of hydrogen-bond donors (Lipinski definition) is 0. The van der Waals surface area contributed by atoms with E-state index in [1.54, 1.807) is 0 Å². The summed E-state index contributed by atoms with van der Waals surface area (Å²) in [6.07, 6.45) is 12.2. The molecule has 1 aromatic heterocycles. The first-order chi connectivity index (χ1) is 8.22. The topological polar surface area (TPSA) is 13.1 Å². The number of hydrogen-bond acceptors (Lipinski definition) is 2. The third kappa shape index (κ3) is 2.88. The summed E-state index contributed by atoms with van der Waals surface area (Å²) in [5.74, 6) is 1.18. The first-order valence-corrected chi connectivity index (χ1v) is 7.35. The van der Waals surface area contributed by atoms with Crippen LogP contribution < -0.4 is 10.8 Å². The third-order valence-electron chi connectivity index (χ3n) is 2.67. The molecule has 3 heteroatoms. The first-order valence-electron chi connectivity index (χ1n) is 5.58. The molecule has 0 aromatic carbocycles. The molecule has 0 saturated heterocycles. The standard InChI is InChI=1S/C14H15ClOS/c1-10-12(5-3-4-8-17-2)13-9-11(15)6-7-14(13)16-10/h5-7,9H,1,3-4,8H2,2H3/q-2. The van der Waals surface area contributed by atoms with Gasteiger partial charge in [0.25, 0.3) is 0 Å². The molecule has 1 aromatic rings. The number of unbranched alkanes of at least 4 members (excludes halogenated alkanes) is 1. The van der Waals surface area contributed by atoms with Gasteiger partial charge in [0.15, 0.2) is 0 Å². The molecule has 0 atom stereocenters. The lowest BCUT2D eigenvalue weighted by molar-refractivity contribution is 0.501. The van der Waals surface area contributed by atoms with Gasteiger partial charge >= 0.3 is 0 Å². The molecule has 1 nitrogen and oxygen atoms in total. The Kier molecular flexibility index (Phi) is 4.19. The second-order valence-corrected chi connectivity index (χ2v) is 5.34. The summed E-state index contributed by atoms with van der Waals surface area (Å²) in [4.78, 5) is 0. The van der Waals surface area contributed by atoms with Gasteiger partial charge in [0.05, 0.1) is 0 Å². The van der Waals surface area contributed by atoms with Crippen LogP contribution in [0.4, 0.5) is 0 Å². The smallest absolute Gasteiger partial charge is 0.00426 e. The lowest BCUT2D eigenvalue weighted by atomic mass is 10.0. The molecule has 0 bridgehead atoms. The third-order valence-corrected chi connectivity index (χ3v) is 3.60. The summed E-state index contributed by atoms with van der Waals surface area (Å²) >= 11 is 7.87. The fraction of sp³-hybridized carbons (Fsp3) is 0.286. The molecule has 2 rings (SSSR count). The molecule has 0 spiro atoms. The maximum absolute atomic E-state index is 6.00. The Hall–Kier alpha value is -0.860. The number of furan rings is 1. The van der Waals surface area contributed by atoms with Crippen molar-refractivity contribution in [2.75, 3.05) is 12.0 Å². The fourth-order valence-electron chi connectivity index (χ4n) is 1.84. The number of rotatable bonds is 5. The minimum absolute atomic E-state index is 0.728. The molecule has 0 fully saturated rings. The highest BCUT2D eigenvalue weighted by atomic mass is 35.5. The molecule has 0 amide bonds. The van der Waals surface area contributed by atoms with E-state index < -0.39 is 0 Å². The average Bonchev–Trinajstić information content (AvgIpc) is 2.61. The molecule has 17 heavy (non-hydrogen) atoms. The van der Waals surface area contributed by atoms with Crippen LogP contribution in [0.2, 0.25) is 0 Å². The maximum Gasteiger partial charge on any atom is -0.00426 e. The summed E-state index contributed by atoms with van der Waals surface area (Å²) in [5, 5.41) is 0.733. The first kappa shape index (κ1) is 12.6. The van der Waals surface area contributed by atoms with Crippen molar-refractivity contribution >= 4 is 42.1 Å². The molecular formula is C14H15ClOS-2. The molecular weight excluding hydrogens is 252 g/mol. The van der Waals surface area contributed by atoms with Gasteiger partial charge in [0, 0.05) is 0 Å². The van der Waals surface area contributed by atoms with Crippen molar-refractivity contribution in [2.45, 2.75) is 12.8 Å². The van der Waals surface area contributed by atoms with E-state index in [0.717, 1.165) is 33.4 Å². The van der Waals surface area contributed by atoms with Gasteiger partial charge < -0.3 is 4.42 Å². The van der Waals surface area contributed by atoms with Gasteiger partial charge in [-0.1, -0.05) is 17.9 Å². The Bertz CT molecular complexity index is 527. The molecule has 1 aliphatic carbocycles. The van der Waals surface area contributed by atoms with E-state index in [9.17, 15) is 0 Å². The van der Waals surface area contributed by atoms with E-state index in [-0.39, 0.29) is 0 Å². The van der Waals surface area contributed by atoms with Gasteiger partial charge in [-0.25, -0.2) is 0 Å². The molecule has 1 heterocycles. The van der Waals surface area contributed by atoms with Crippen LogP contribution in [0.15, 0.2) is 9.45 Å². The van der Waals surface area contributed by atoms with Crippen molar-refractivity contribution in [3.05, 3.63) is 39.8 Å². The Labute approximate surface area is 111 Å². The predicted molar refractivity (Wildman–Crippen MR) is 77.1 cm³/mol. The van der Waals surface area contributed by atoms with Crippen LogP contribution in [0.5, 0.6) is 0 Å². The minimum atomic E-state index is 0.728. The van der Waals surface area contributed by atoms with E-state index >= 15 is 0 Å². The van der Waals surface area contributed by atoms with Gasteiger partial charge in [0.2, 0.25) is 0 Å². The monoisotopic (exact) mass is 266 g/mol. The highest BCUT2D eigenvalue weighted by molar-refractivity contribution is 7.98. The number of fused-ring (bicyclic) bond motifs is 1. The van der Waals surface area contributed by atoms with Gasteiger partial charge in [-0.05, 0) is 22.8 Å². The van der Waals surface area contributed by atoms with Crippen molar-refractivity contribution < 1.29 is 4.42 Å². The zero-order chi connectivity index (χ0) is 12.3. The van der Waals surface area contributed by atoms with Crippen molar-refractivity contribution in [1.82, 2.24) is 0 Å². The van der Waals surface area contributed by atoms with E-state index in [4.69, 9.17) is 16.0 Å². The van der Waals surface area contributed by atoms with Crippen LogP contribution >= 0.6 is 23.4 Å². The molecule has 92 valence electrons. The number of thioether (sulfide) groups is 1. The van der Waals surface area contributed by atoms with Crippen LogP contribution in [-0.2, 0) is 0 Å². The van der Waals surface area contributed by atoms with Crippen LogP contribution in [0, 0.1) is 12.8 Å². The van der Waals surface area contributed by atoms with E-state index in [0.29, 0.717) is 0 Å². The normalized spacial score (nSPS) is 13.4. The fourth-order valence-corrected chi connectivity index (χ4v) is 2.46. The van der Waals surface area contributed by atoms with Crippen molar-refractivity contribution in [3.8, 4) is 0 Å². The largest absolute Gasteiger partial charge is 0.586 e. The number of halogens is 1. The van der Waals surface area contributed by atoms with Crippen LogP contribution in [0.1, 0.15) is 24.0 Å². The lowest BCUT2D eigenvalue weighted by Crippen LogP contribution is -2.05. The SMILES string of the molecule is C=c1oc2c(c1[CH-]CCCSC)C=C(Cl)[CH-]C=2. The van der Waals surface area contributed by atoms with Crippen molar-refractivity contribution in [3.63, 3.8) is 0 Å². The van der Waals surface area contributed by atoms with Crippen molar-refractivity contribution in [1.29, 1.82) is 0 Å². The summed E-state index contributed by atoms with van der Waals surface area (Å²) < 4.78 is 5.60. The second-order valence-electron chi connectivity index (χ2n) is 3.92. The summed E-state index contributed by atoms with van der Waals surface area (Å²) in [6, 6.07) is 0.